The van der Waals surface area contributed by atoms with E-state index in [1.54, 1.807) is 30.8 Å². The molecule has 1 heterocycles. The minimum Gasteiger partial charge on any atom is -0.360 e. The van der Waals surface area contributed by atoms with Crippen LogP contribution in [-0.2, 0) is 4.79 Å². The first-order chi connectivity index (χ1) is 5.86. The molecular weight excluding hydrogens is 152 g/mol. The van der Waals surface area contributed by atoms with E-state index in [-0.39, 0.29) is 5.78 Å². The third-order valence-corrected chi connectivity index (χ3v) is 1.78. The minimum absolute atomic E-state index is 0.129. The van der Waals surface area contributed by atoms with E-state index in [4.69, 9.17) is 0 Å². The number of hydrogen-bond donors (Lipinski definition) is 1. The molecule has 0 bridgehead atoms. The van der Waals surface area contributed by atoms with E-state index < -0.39 is 0 Å². The summed E-state index contributed by atoms with van der Waals surface area (Å²) in [6.07, 6.45) is 8.94. The monoisotopic (exact) mass is 160 g/mol. The van der Waals surface area contributed by atoms with Crippen molar-refractivity contribution in [2.45, 2.75) is 6.42 Å². The molecule has 3 heteroatoms. The molecule has 60 valence electrons. The van der Waals surface area contributed by atoms with Crippen LogP contribution in [0.15, 0.2) is 40.8 Å². The molecule has 0 fully saturated rings. The molecule has 0 unspecified atom stereocenters. The lowest BCUT2D eigenvalue weighted by Gasteiger charge is -2.09. The molecule has 2 aliphatic rings. The van der Waals surface area contributed by atoms with Crippen LogP contribution in [0.2, 0.25) is 0 Å². The molecule has 0 aromatic heterocycles. The zero-order valence-corrected chi connectivity index (χ0v) is 6.45. The Morgan fingerprint density at radius 2 is 2.33 bits per heavy atom. The molecule has 1 N–H and O–H groups in total. The summed E-state index contributed by atoms with van der Waals surface area (Å²) in [6, 6.07) is 0. The number of rotatable bonds is 0. The van der Waals surface area contributed by atoms with Crippen molar-refractivity contribution in [1.29, 1.82) is 0 Å². The van der Waals surface area contributed by atoms with E-state index in [0.29, 0.717) is 6.42 Å². The number of hydrogen-bond acceptors (Lipinski definition) is 3. The van der Waals surface area contributed by atoms with Crippen LogP contribution >= 0.6 is 0 Å². The number of carbonyl (C=O) groups excluding carboxylic acids is 1. The van der Waals surface area contributed by atoms with Gasteiger partial charge in [-0.3, -0.25) is 9.79 Å². The number of aliphatic imine (C=N–C) groups is 1. The van der Waals surface area contributed by atoms with Crippen LogP contribution in [0.5, 0.6) is 0 Å². The zero-order chi connectivity index (χ0) is 8.39. The fourth-order valence-corrected chi connectivity index (χ4v) is 1.18. The van der Waals surface area contributed by atoms with Crippen LogP contribution in [-0.4, -0.2) is 12.0 Å². The van der Waals surface area contributed by atoms with Gasteiger partial charge in [-0.15, -0.1) is 0 Å². The Labute approximate surface area is 70.2 Å². The molecule has 2 rings (SSSR count). The van der Waals surface area contributed by atoms with Gasteiger partial charge in [-0.05, 0) is 12.2 Å². The van der Waals surface area contributed by atoms with Crippen molar-refractivity contribution in [2.75, 3.05) is 0 Å². The molecule has 0 saturated heterocycles. The fraction of sp³-hybridized carbons (Fsp3) is 0.111. The van der Waals surface area contributed by atoms with Gasteiger partial charge < -0.3 is 5.32 Å². The third-order valence-electron chi connectivity index (χ3n) is 1.78. The van der Waals surface area contributed by atoms with E-state index in [2.05, 4.69) is 10.3 Å². The summed E-state index contributed by atoms with van der Waals surface area (Å²) >= 11 is 0. The highest BCUT2D eigenvalue weighted by atomic mass is 16.1. The lowest BCUT2D eigenvalue weighted by molar-refractivity contribution is -0.114. The van der Waals surface area contributed by atoms with Crippen molar-refractivity contribution in [3.63, 3.8) is 0 Å². The molecule has 1 aliphatic heterocycles. The Morgan fingerprint density at radius 3 is 3.25 bits per heavy atom. The highest BCUT2D eigenvalue weighted by molar-refractivity contribution is 6.00. The predicted molar refractivity (Wildman–Crippen MR) is 46.6 cm³/mol. The van der Waals surface area contributed by atoms with Gasteiger partial charge in [-0.2, -0.15) is 0 Å². The Hall–Kier alpha value is -1.64. The van der Waals surface area contributed by atoms with E-state index in [9.17, 15) is 4.79 Å². The minimum atomic E-state index is 0.129. The molecule has 3 nitrogen and oxygen atoms in total. The van der Waals surface area contributed by atoms with Gasteiger partial charge in [0.05, 0.1) is 0 Å². The second kappa shape index (κ2) is 2.77. The van der Waals surface area contributed by atoms with Crippen LogP contribution in [0.4, 0.5) is 0 Å². The van der Waals surface area contributed by atoms with Crippen molar-refractivity contribution < 1.29 is 4.79 Å². The van der Waals surface area contributed by atoms with Gasteiger partial charge in [-0.1, -0.05) is 0 Å². The average molecular weight is 160 g/mol. The topological polar surface area (TPSA) is 41.5 Å². The van der Waals surface area contributed by atoms with Crippen LogP contribution in [0.1, 0.15) is 6.42 Å². The Morgan fingerprint density at radius 1 is 1.42 bits per heavy atom. The Balaban J connectivity index is 2.36. The van der Waals surface area contributed by atoms with E-state index in [0.717, 1.165) is 11.3 Å². The molecule has 0 saturated carbocycles. The molecule has 0 atom stereocenters. The first-order valence-electron chi connectivity index (χ1n) is 3.75. The first kappa shape index (κ1) is 7.03. The summed E-state index contributed by atoms with van der Waals surface area (Å²) in [7, 11) is 0. The van der Waals surface area contributed by atoms with E-state index >= 15 is 0 Å². The summed E-state index contributed by atoms with van der Waals surface area (Å²) in [5.74, 6) is 0.129. The van der Waals surface area contributed by atoms with Gasteiger partial charge in [0.1, 0.15) is 0 Å². The maximum Gasteiger partial charge on any atom is 0.160 e. The lowest BCUT2D eigenvalue weighted by atomic mass is 10.0. The van der Waals surface area contributed by atoms with Crippen molar-refractivity contribution in [1.82, 2.24) is 5.32 Å². The predicted octanol–water partition coefficient (Wildman–Crippen LogP) is 0.915. The first-order valence-corrected chi connectivity index (χ1v) is 3.75. The van der Waals surface area contributed by atoms with Crippen molar-refractivity contribution in [3.8, 4) is 0 Å². The number of ketones is 1. The van der Waals surface area contributed by atoms with Crippen molar-refractivity contribution in [3.05, 3.63) is 35.8 Å². The normalized spacial score (nSPS) is 20.5. The molecule has 1 aliphatic carbocycles. The SMILES string of the molecule is O=C1C=CC2=C(C=NC=CN2)C1. The quantitative estimate of drug-likeness (QED) is 0.572. The number of allylic oxidation sites excluding steroid dienone is 3. The average Bonchev–Trinajstić information content (AvgIpc) is 2.28. The maximum atomic E-state index is 11.0. The van der Waals surface area contributed by atoms with Crippen LogP contribution < -0.4 is 5.32 Å². The van der Waals surface area contributed by atoms with E-state index in [1.807, 2.05) is 0 Å². The molecule has 0 radical (unpaired) electrons. The van der Waals surface area contributed by atoms with Crippen LogP contribution in [0.25, 0.3) is 0 Å². The molecular formula is C9H8N2O. The van der Waals surface area contributed by atoms with Crippen molar-refractivity contribution >= 4 is 12.0 Å². The molecule has 0 amide bonds. The highest BCUT2D eigenvalue weighted by Crippen LogP contribution is 2.14. The van der Waals surface area contributed by atoms with Crippen LogP contribution in [0.3, 0.4) is 0 Å². The van der Waals surface area contributed by atoms with Gasteiger partial charge in [-0.25, -0.2) is 0 Å². The summed E-state index contributed by atoms with van der Waals surface area (Å²) in [6.45, 7) is 0. The summed E-state index contributed by atoms with van der Waals surface area (Å²) in [4.78, 5) is 15.0. The second-order valence-corrected chi connectivity index (χ2v) is 2.65. The Bertz CT molecular complexity index is 334. The summed E-state index contributed by atoms with van der Waals surface area (Å²) in [5.41, 5.74) is 1.92. The van der Waals surface area contributed by atoms with Gasteiger partial charge >= 0.3 is 0 Å². The standard InChI is InChI=1S/C9H8N2O/c12-8-1-2-9-7(5-8)6-10-3-4-11-9/h1-4,6,11H,5H2. The smallest absolute Gasteiger partial charge is 0.160 e. The molecule has 12 heavy (non-hydrogen) atoms. The molecule has 0 aromatic carbocycles. The largest absolute Gasteiger partial charge is 0.360 e. The van der Waals surface area contributed by atoms with Gasteiger partial charge in [0.25, 0.3) is 0 Å². The van der Waals surface area contributed by atoms with Gasteiger partial charge in [0.15, 0.2) is 5.78 Å². The van der Waals surface area contributed by atoms with Gasteiger partial charge in [0.2, 0.25) is 0 Å². The number of nitrogens with one attached hydrogen (secondary N) is 1. The second-order valence-electron chi connectivity index (χ2n) is 2.65. The van der Waals surface area contributed by atoms with Crippen molar-refractivity contribution in [2.24, 2.45) is 4.99 Å². The van der Waals surface area contributed by atoms with Gasteiger partial charge in [0, 0.05) is 36.3 Å². The van der Waals surface area contributed by atoms with Crippen LogP contribution in [0, 0.1) is 0 Å². The fourth-order valence-electron chi connectivity index (χ4n) is 1.18. The summed E-state index contributed by atoms with van der Waals surface area (Å²) in [5, 5.41) is 3.04. The molecule has 0 aromatic rings. The van der Waals surface area contributed by atoms with E-state index in [1.165, 1.54) is 0 Å². The summed E-state index contributed by atoms with van der Waals surface area (Å²) < 4.78 is 0. The zero-order valence-electron chi connectivity index (χ0n) is 6.45. The highest BCUT2D eigenvalue weighted by Gasteiger charge is 2.11. The number of nitrogens with zero attached hydrogens (tertiary/aromatic N) is 1. The third kappa shape index (κ3) is 1.21. The Kier molecular flexibility index (Phi) is 1.63. The lowest BCUT2D eigenvalue weighted by Crippen LogP contribution is -2.12. The number of carbonyl (C=O) groups is 1. The maximum absolute atomic E-state index is 11.0. The molecule has 0 spiro atoms.